The summed E-state index contributed by atoms with van der Waals surface area (Å²) < 4.78 is 0. The Morgan fingerprint density at radius 1 is 1.09 bits per heavy atom. The van der Waals surface area contributed by atoms with Crippen LogP contribution in [0.5, 0.6) is 0 Å². The first-order chi connectivity index (χ1) is 15.8. The lowest BCUT2D eigenvalue weighted by molar-refractivity contribution is -0.135. The van der Waals surface area contributed by atoms with Crippen molar-refractivity contribution in [1.82, 2.24) is 9.80 Å². The minimum atomic E-state index is -0.0275. The van der Waals surface area contributed by atoms with Crippen LogP contribution in [0.25, 0.3) is 0 Å². The number of hydrogen-bond donors (Lipinski definition) is 1. The quantitative estimate of drug-likeness (QED) is 0.636. The van der Waals surface area contributed by atoms with Crippen molar-refractivity contribution in [2.45, 2.75) is 83.8 Å². The highest BCUT2D eigenvalue weighted by molar-refractivity contribution is 5.92. The fourth-order valence-corrected chi connectivity index (χ4v) is 5.12. The normalized spacial score (nSPS) is 20.9. The molecular formula is C28H37N3O2. The SMILES string of the molecule is CCCC(=O)N1CC[C@@H](N2Cc3ccccc3NC2=O)C[C@@H]1Cc1ccc(C(C)(C)C)cc1. The first-order valence-electron chi connectivity index (χ1n) is 12.3. The Labute approximate surface area is 198 Å². The van der Waals surface area contributed by atoms with E-state index in [-0.39, 0.29) is 29.4 Å². The van der Waals surface area contributed by atoms with E-state index in [1.807, 2.05) is 23.1 Å². The summed E-state index contributed by atoms with van der Waals surface area (Å²) in [6.07, 6.45) is 3.90. The van der Waals surface area contributed by atoms with Gasteiger partial charge in [0.2, 0.25) is 5.91 Å². The van der Waals surface area contributed by atoms with Gasteiger partial charge in [0.05, 0.1) is 0 Å². The van der Waals surface area contributed by atoms with E-state index in [9.17, 15) is 9.59 Å². The number of likely N-dealkylation sites (tertiary alicyclic amines) is 1. The molecule has 0 aliphatic carbocycles. The summed E-state index contributed by atoms with van der Waals surface area (Å²) in [7, 11) is 0. The van der Waals surface area contributed by atoms with Gasteiger partial charge in [-0.05, 0) is 53.9 Å². The number of anilines is 1. The third-order valence-corrected chi connectivity index (χ3v) is 7.06. The van der Waals surface area contributed by atoms with E-state index in [0.29, 0.717) is 19.5 Å². The molecule has 2 atom stereocenters. The molecule has 0 saturated carbocycles. The Kier molecular flexibility index (Phi) is 6.78. The maximum absolute atomic E-state index is 12.9. The van der Waals surface area contributed by atoms with Crippen LogP contribution >= 0.6 is 0 Å². The molecular weight excluding hydrogens is 410 g/mol. The largest absolute Gasteiger partial charge is 0.339 e. The third kappa shape index (κ3) is 5.23. The fraction of sp³-hybridized carbons (Fsp3) is 0.500. The second-order valence-corrected chi connectivity index (χ2v) is 10.5. The molecule has 1 fully saturated rings. The molecule has 2 aromatic rings. The van der Waals surface area contributed by atoms with Crippen molar-refractivity contribution in [2.24, 2.45) is 0 Å². The molecule has 2 aliphatic rings. The van der Waals surface area contributed by atoms with E-state index < -0.39 is 0 Å². The topological polar surface area (TPSA) is 52.7 Å². The lowest BCUT2D eigenvalue weighted by Crippen LogP contribution is -2.55. The maximum atomic E-state index is 12.9. The summed E-state index contributed by atoms with van der Waals surface area (Å²) in [4.78, 5) is 29.9. The van der Waals surface area contributed by atoms with E-state index in [4.69, 9.17) is 0 Å². The number of benzene rings is 2. The third-order valence-electron chi connectivity index (χ3n) is 7.06. The molecule has 4 rings (SSSR count). The molecule has 2 aromatic carbocycles. The molecule has 2 heterocycles. The average molecular weight is 448 g/mol. The second-order valence-electron chi connectivity index (χ2n) is 10.5. The minimum absolute atomic E-state index is 0.0275. The zero-order valence-electron chi connectivity index (χ0n) is 20.4. The molecule has 1 N–H and O–H groups in total. The van der Waals surface area contributed by atoms with E-state index >= 15 is 0 Å². The van der Waals surface area contributed by atoms with Crippen molar-refractivity contribution >= 4 is 17.6 Å². The number of amides is 3. The summed E-state index contributed by atoms with van der Waals surface area (Å²) in [5.41, 5.74) is 4.74. The molecule has 5 heteroatoms. The molecule has 1 saturated heterocycles. The van der Waals surface area contributed by atoms with Crippen LogP contribution in [0.1, 0.15) is 70.1 Å². The summed E-state index contributed by atoms with van der Waals surface area (Å²) in [6.45, 7) is 10.1. The average Bonchev–Trinajstić information content (AvgIpc) is 2.78. The number of hydrogen-bond acceptors (Lipinski definition) is 2. The van der Waals surface area contributed by atoms with Crippen LogP contribution in [0.15, 0.2) is 48.5 Å². The Morgan fingerprint density at radius 3 is 2.52 bits per heavy atom. The van der Waals surface area contributed by atoms with Gasteiger partial charge < -0.3 is 15.1 Å². The maximum Gasteiger partial charge on any atom is 0.322 e. The van der Waals surface area contributed by atoms with Gasteiger partial charge in [0.25, 0.3) is 0 Å². The standard InChI is InChI=1S/C28H37N3O2/c1-5-8-26(32)30-16-15-23(31-19-21-9-6-7-10-25(21)29-27(31)33)18-24(30)17-20-11-13-22(14-12-20)28(2,3)4/h6-7,9-14,23-24H,5,8,15-19H2,1-4H3,(H,29,33)/t23-,24+/m1/s1. The summed E-state index contributed by atoms with van der Waals surface area (Å²) in [6, 6.07) is 17.0. The molecule has 33 heavy (non-hydrogen) atoms. The van der Waals surface area contributed by atoms with Gasteiger partial charge in [-0.1, -0.05) is 70.2 Å². The van der Waals surface area contributed by atoms with Crippen LogP contribution in [0.2, 0.25) is 0 Å². The number of rotatable bonds is 5. The molecule has 0 aromatic heterocycles. The number of carbonyl (C=O) groups excluding carboxylic acids is 2. The molecule has 2 aliphatic heterocycles. The van der Waals surface area contributed by atoms with Crippen molar-refractivity contribution < 1.29 is 9.59 Å². The zero-order chi connectivity index (χ0) is 23.6. The van der Waals surface area contributed by atoms with Crippen LogP contribution < -0.4 is 5.32 Å². The highest BCUT2D eigenvalue weighted by Gasteiger charge is 2.37. The van der Waals surface area contributed by atoms with Gasteiger partial charge in [0.15, 0.2) is 0 Å². The van der Waals surface area contributed by atoms with Gasteiger partial charge in [-0.2, -0.15) is 0 Å². The first-order valence-corrected chi connectivity index (χ1v) is 12.3. The minimum Gasteiger partial charge on any atom is -0.339 e. The molecule has 0 bridgehead atoms. The summed E-state index contributed by atoms with van der Waals surface area (Å²) >= 11 is 0. The molecule has 0 unspecified atom stereocenters. The van der Waals surface area contributed by atoms with Crippen molar-refractivity contribution in [1.29, 1.82) is 0 Å². The van der Waals surface area contributed by atoms with Gasteiger partial charge in [-0.3, -0.25) is 4.79 Å². The van der Waals surface area contributed by atoms with E-state index in [1.165, 1.54) is 11.1 Å². The Balaban J connectivity index is 1.53. The Morgan fingerprint density at radius 2 is 1.82 bits per heavy atom. The highest BCUT2D eigenvalue weighted by atomic mass is 16.2. The van der Waals surface area contributed by atoms with Gasteiger partial charge in [0.1, 0.15) is 0 Å². The van der Waals surface area contributed by atoms with Crippen LogP contribution in [0, 0.1) is 0 Å². The number of nitrogens with zero attached hydrogens (tertiary/aromatic N) is 2. The number of urea groups is 1. The summed E-state index contributed by atoms with van der Waals surface area (Å²) in [5, 5.41) is 3.05. The van der Waals surface area contributed by atoms with Crippen molar-refractivity contribution in [3.63, 3.8) is 0 Å². The first kappa shape index (κ1) is 23.3. The number of fused-ring (bicyclic) bond motifs is 1. The van der Waals surface area contributed by atoms with Gasteiger partial charge >= 0.3 is 6.03 Å². The van der Waals surface area contributed by atoms with Crippen molar-refractivity contribution in [2.75, 3.05) is 11.9 Å². The Bertz CT molecular complexity index is 993. The predicted octanol–water partition coefficient (Wildman–Crippen LogP) is 5.73. The van der Waals surface area contributed by atoms with Gasteiger partial charge in [0, 0.05) is 37.3 Å². The number of piperidine rings is 1. The molecule has 0 radical (unpaired) electrons. The monoisotopic (exact) mass is 447 g/mol. The van der Waals surface area contributed by atoms with E-state index in [2.05, 4.69) is 68.2 Å². The van der Waals surface area contributed by atoms with Crippen LogP contribution in [-0.2, 0) is 23.2 Å². The molecule has 0 spiro atoms. The van der Waals surface area contributed by atoms with E-state index in [1.54, 1.807) is 0 Å². The number of para-hydroxylation sites is 1. The smallest absolute Gasteiger partial charge is 0.322 e. The molecule has 5 nitrogen and oxygen atoms in total. The summed E-state index contributed by atoms with van der Waals surface area (Å²) in [5.74, 6) is 0.237. The molecule has 3 amide bonds. The Hall–Kier alpha value is -2.82. The van der Waals surface area contributed by atoms with Gasteiger partial charge in [-0.15, -0.1) is 0 Å². The van der Waals surface area contributed by atoms with Crippen LogP contribution in [0.3, 0.4) is 0 Å². The number of carbonyl (C=O) groups is 2. The van der Waals surface area contributed by atoms with E-state index in [0.717, 1.165) is 36.9 Å². The van der Waals surface area contributed by atoms with Crippen molar-refractivity contribution in [3.05, 3.63) is 65.2 Å². The fourth-order valence-electron chi connectivity index (χ4n) is 5.12. The zero-order valence-corrected chi connectivity index (χ0v) is 20.4. The second kappa shape index (κ2) is 9.58. The lowest BCUT2D eigenvalue weighted by atomic mass is 9.85. The molecule has 176 valence electrons. The van der Waals surface area contributed by atoms with Crippen molar-refractivity contribution in [3.8, 4) is 0 Å². The lowest BCUT2D eigenvalue weighted by Gasteiger charge is -2.45. The van der Waals surface area contributed by atoms with Crippen LogP contribution in [-0.4, -0.2) is 40.4 Å². The van der Waals surface area contributed by atoms with Crippen LogP contribution in [0.4, 0.5) is 10.5 Å². The highest BCUT2D eigenvalue weighted by Crippen LogP contribution is 2.31. The van der Waals surface area contributed by atoms with Gasteiger partial charge in [-0.25, -0.2) is 4.79 Å². The predicted molar refractivity (Wildman–Crippen MR) is 133 cm³/mol. The number of nitrogens with one attached hydrogen (secondary N) is 1.